The number of sulfonamides is 1. The summed E-state index contributed by atoms with van der Waals surface area (Å²) in [7, 11) is -3.93. The van der Waals surface area contributed by atoms with Gasteiger partial charge in [0.2, 0.25) is 0 Å². The second kappa shape index (κ2) is 6.40. The van der Waals surface area contributed by atoms with Crippen molar-refractivity contribution in [1.82, 2.24) is 4.57 Å². The van der Waals surface area contributed by atoms with Gasteiger partial charge in [-0.2, -0.15) is 5.26 Å². The normalized spacial score (nSPS) is 11.0. The van der Waals surface area contributed by atoms with E-state index in [4.69, 9.17) is 16.9 Å². The van der Waals surface area contributed by atoms with Crippen LogP contribution in [0.25, 0.3) is 5.69 Å². The Morgan fingerprint density at radius 2 is 1.79 bits per heavy atom. The Morgan fingerprint density at radius 3 is 2.50 bits per heavy atom. The fraction of sp³-hybridized carbons (Fsp3) is 0. The molecule has 24 heavy (non-hydrogen) atoms. The van der Waals surface area contributed by atoms with Crippen LogP contribution in [0.15, 0.2) is 71.9 Å². The summed E-state index contributed by atoms with van der Waals surface area (Å²) in [5.74, 6) is 0. The highest BCUT2D eigenvalue weighted by molar-refractivity contribution is 7.92. The van der Waals surface area contributed by atoms with E-state index in [1.807, 2.05) is 41.2 Å². The van der Waals surface area contributed by atoms with Crippen molar-refractivity contribution in [3.8, 4) is 11.8 Å². The molecule has 0 aliphatic heterocycles. The molecular weight excluding hydrogens is 346 g/mol. The van der Waals surface area contributed by atoms with Crippen LogP contribution >= 0.6 is 11.6 Å². The Labute approximate surface area is 144 Å². The van der Waals surface area contributed by atoms with Gasteiger partial charge in [0.1, 0.15) is 11.0 Å². The maximum atomic E-state index is 12.6. The molecule has 0 spiro atoms. The molecular formula is C17H12ClN3O2S. The summed E-state index contributed by atoms with van der Waals surface area (Å²) in [6.45, 7) is 0. The molecule has 0 saturated heterocycles. The third-order valence-electron chi connectivity index (χ3n) is 3.35. The topological polar surface area (TPSA) is 74.9 Å². The van der Waals surface area contributed by atoms with Crippen LogP contribution in [0.2, 0.25) is 5.02 Å². The molecule has 120 valence electrons. The molecule has 1 N–H and O–H groups in total. The van der Waals surface area contributed by atoms with Gasteiger partial charge in [0.15, 0.2) is 0 Å². The first-order chi connectivity index (χ1) is 11.5. The summed E-state index contributed by atoms with van der Waals surface area (Å²) < 4.78 is 29.6. The van der Waals surface area contributed by atoms with Gasteiger partial charge in [-0.1, -0.05) is 17.7 Å². The van der Waals surface area contributed by atoms with E-state index < -0.39 is 10.0 Å². The standard InChI is InChI=1S/C17H12ClN3O2S/c18-14-7-6-13(12-19)17(10-14)24(22,23)20-15-4-3-5-16(11-15)21-8-1-2-9-21/h1-11,20H. The molecule has 1 heterocycles. The molecule has 0 unspecified atom stereocenters. The average Bonchev–Trinajstić information content (AvgIpc) is 3.09. The molecule has 0 aliphatic rings. The number of halogens is 1. The second-order valence-electron chi connectivity index (χ2n) is 5.00. The van der Waals surface area contributed by atoms with Gasteiger partial charge in [-0.3, -0.25) is 4.72 Å². The Kier molecular flexibility index (Phi) is 4.30. The van der Waals surface area contributed by atoms with Crippen LogP contribution in [0.4, 0.5) is 5.69 Å². The summed E-state index contributed by atoms with van der Waals surface area (Å²) in [6, 6.07) is 16.7. The first-order valence-electron chi connectivity index (χ1n) is 6.95. The minimum Gasteiger partial charge on any atom is -0.324 e. The zero-order valence-electron chi connectivity index (χ0n) is 12.3. The van der Waals surface area contributed by atoms with Crippen LogP contribution in [0.1, 0.15) is 5.56 Å². The number of nitriles is 1. The lowest BCUT2D eigenvalue weighted by Crippen LogP contribution is -2.14. The third-order valence-corrected chi connectivity index (χ3v) is 5.01. The summed E-state index contributed by atoms with van der Waals surface area (Å²) in [5, 5.41) is 9.37. The van der Waals surface area contributed by atoms with Crippen LogP contribution in [0, 0.1) is 11.3 Å². The number of anilines is 1. The molecule has 0 bridgehead atoms. The van der Waals surface area contributed by atoms with Crippen LogP contribution in [0.5, 0.6) is 0 Å². The van der Waals surface area contributed by atoms with Gasteiger partial charge in [-0.25, -0.2) is 8.42 Å². The van der Waals surface area contributed by atoms with E-state index in [1.165, 1.54) is 18.2 Å². The predicted molar refractivity (Wildman–Crippen MR) is 92.7 cm³/mol. The van der Waals surface area contributed by atoms with Crippen molar-refractivity contribution in [3.63, 3.8) is 0 Å². The number of aromatic nitrogens is 1. The zero-order valence-corrected chi connectivity index (χ0v) is 13.9. The highest BCUT2D eigenvalue weighted by atomic mass is 35.5. The van der Waals surface area contributed by atoms with Crippen molar-refractivity contribution in [2.75, 3.05) is 4.72 Å². The number of benzene rings is 2. The summed E-state index contributed by atoms with van der Waals surface area (Å²) in [4.78, 5) is -0.149. The number of rotatable bonds is 4. The van der Waals surface area contributed by atoms with Crippen LogP contribution in [0.3, 0.4) is 0 Å². The number of nitrogens with zero attached hydrogens (tertiary/aromatic N) is 2. The zero-order chi connectivity index (χ0) is 17.2. The Morgan fingerprint density at radius 1 is 1.04 bits per heavy atom. The third kappa shape index (κ3) is 3.27. The van der Waals surface area contributed by atoms with E-state index in [2.05, 4.69) is 4.72 Å². The summed E-state index contributed by atoms with van der Waals surface area (Å²) >= 11 is 5.87. The SMILES string of the molecule is N#Cc1ccc(Cl)cc1S(=O)(=O)Nc1cccc(-n2cccc2)c1. The van der Waals surface area contributed by atoms with Crippen LogP contribution in [-0.4, -0.2) is 13.0 Å². The lowest BCUT2D eigenvalue weighted by Gasteiger charge is -2.11. The molecule has 0 fully saturated rings. The highest BCUT2D eigenvalue weighted by Gasteiger charge is 2.19. The fourth-order valence-electron chi connectivity index (χ4n) is 2.26. The number of nitrogens with one attached hydrogen (secondary N) is 1. The van der Waals surface area contributed by atoms with Crippen molar-refractivity contribution >= 4 is 27.3 Å². The monoisotopic (exact) mass is 357 g/mol. The van der Waals surface area contributed by atoms with Crippen molar-refractivity contribution < 1.29 is 8.42 Å². The first-order valence-corrected chi connectivity index (χ1v) is 8.81. The molecule has 7 heteroatoms. The van der Waals surface area contributed by atoms with E-state index in [9.17, 15) is 8.42 Å². The molecule has 0 atom stereocenters. The van der Waals surface area contributed by atoms with Gasteiger partial charge in [-0.15, -0.1) is 0 Å². The van der Waals surface area contributed by atoms with Crippen LogP contribution in [-0.2, 0) is 10.0 Å². The van der Waals surface area contributed by atoms with Gasteiger partial charge >= 0.3 is 0 Å². The molecule has 1 aromatic heterocycles. The molecule has 3 rings (SSSR count). The number of hydrogen-bond donors (Lipinski definition) is 1. The molecule has 0 saturated carbocycles. The Hall–Kier alpha value is -2.75. The van der Waals surface area contributed by atoms with E-state index in [0.717, 1.165) is 5.69 Å². The highest BCUT2D eigenvalue weighted by Crippen LogP contribution is 2.24. The predicted octanol–water partition coefficient (Wildman–Crippen LogP) is 3.80. The van der Waals surface area contributed by atoms with Crippen molar-refractivity contribution in [3.05, 3.63) is 77.6 Å². The largest absolute Gasteiger partial charge is 0.324 e. The minimum atomic E-state index is -3.93. The molecule has 0 amide bonds. The lowest BCUT2D eigenvalue weighted by atomic mass is 10.2. The van der Waals surface area contributed by atoms with E-state index in [-0.39, 0.29) is 15.5 Å². The van der Waals surface area contributed by atoms with Gasteiger partial charge in [-0.05, 0) is 48.5 Å². The first kappa shape index (κ1) is 16.1. The van der Waals surface area contributed by atoms with Crippen molar-refractivity contribution in [2.45, 2.75) is 4.90 Å². The minimum absolute atomic E-state index is 0.0356. The van der Waals surface area contributed by atoms with Gasteiger partial charge in [0.05, 0.1) is 11.3 Å². The van der Waals surface area contributed by atoms with E-state index >= 15 is 0 Å². The maximum absolute atomic E-state index is 12.6. The Balaban J connectivity index is 1.98. The van der Waals surface area contributed by atoms with E-state index in [1.54, 1.807) is 18.2 Å². The Bertz CT molecular complexity index is 1020. The van der Waals surface area contributed by atoms with E-state index in [0.29, 0.717) is 5.69 Å². The van der Waals surface area contributed by atoms with Crippen molar-refractivity contribution in [2.24, 2.45) is 0 Å². The molecule has 0 radical (unpaired) electrons. The van der Waals surface area contributed by atoms with Gasteiger partial charge in [0, 0.05) is 23.1 Å². The summed E-state index contributed by atoms with van der Waals surface area (Å²) in [5.41, 5.74) is 1.24. The lowest BCUT2D eigenvalue weighted by molar-refractivity contribution is 0.601. The molecule has 3 aromatic rings. The fourth-order valence-corrected chi connectivity index (χ4v) is 3.73. The molecule has 2 aromatic carbocycles. The quantitative estimate of drug-likeness (QED) is 0.771. The second-order valence-corrected chi connectivity index (χ2v) is 7.09. The van der Waals surface area contributed by atoms with Gasteiger partial charge in [0.25, 0.3) is 10.0 Å². The molecule has 0 aliphatic carbocycles. The van der Waals surface area contributed by atoms with Crippen LogP contribution < -0.4 is 4.72 Å². The van der Waals surface area contributed by atoms with Gasteiger partial charge < -0.3 is 4.57 Å². The van der Waals surface area contributed by atoms with Crippen molar-refractivity contribution in [1.29, 1.82) is 5.26 Å². The smallest absolute Gasteiger partial charge is 0.263 e. The number of hydrogen-bond acceptors (Lipinski definition) is 3. The summed E-state index contributed by atoms with van der Waals surface area (Å²) in [6.07, 6.45) is 3.72. The maximum Gasteiger partial charge on any atom is 0.263 e. The average molecular weight is 358 g/mol. The molecule has 5 nitrogen and oxygen atoms in total.